The maximum absolute atomic E-state index is 13.3. The summed E-state index contributed by atoms with van der Waals surface area (Å²) in [5, 5.41) is 0. The molecule has 0 unspecified atom stereocenters. The van der Waals surface area contributed by atoms with Gasteiger partial charge in [0.15, 0.2) is 0 Å². The van der Waals surface area contributed by atoms with Crippen molar-refractivity contribution in [3.05, 3.63) is 41.7 Å². The molecule has 0 spiro atoms. The van der Waals surface area contributed by atoms with Crippen LogP contribution >= 0.6 is 0 Å². The summed E-state index contributed by atoms with van der Waals surface area (Å²) in [4.78, 5) is 11.1. The number of rotatable bonds is 3. The van der Waals surface area contributed by atoms with Crippen LogP contribution in [0.15, 0.2) is 30.3 Å². The Balaban J connectivity index is 2.89. The predicted molar refractivity (Wildman–Crippen MR) is 56.7 cm³/mol. The van der Waals surface area contributed by atoms with Crippen molar-refractivity contribution in [1.29, 1.82) is 0 Å². The molecule has 0 bridgehead atoms. The minimum Gasteiger partial charge on any atom is -0.463 e. The third-order valence-electron chi connectivity index (χ3n) is 1.92. The first kappa shape index (κ1) is 11.4. The molecule has 3 heteroatoms. The fraction of sp³-hybridized carbons (Fsp3) is 0.250. The van der Waals surface area contributed by atoms with E-state index in [2.05, 4.69) is 0 Å². The van der Waals surface area contributed by atoms with Crippen LogP contribution in [-0.2, 0) is 9.53 Å². The summed E-state index contributed by atoms with van der Waals surface area (Å²) in [6, 6.07) is 6.32. The summed E-state index contributed by atoms with van der Waals surface area (Å²) in [6.45, 7) is 3.72. The zero-order chi connectivity index (χ0) is 11.3. The van der Waals surface area contributed by atoms with Crippen LogP contribution in [0.5, 0.6) is 0 Å². The average molecular weight is 208 g/mol. The minimum absolute atomic E-state index is 0.319. The van der Waals surface area contributed by atoms with Gasteiger partial charge in [-0.1, -0.05) is 18.2 Å². The molecule has 0 aliphatic rings. The van der Waals surface area contributed by atoms with Crippen molar-refractivity contribution in [2.75, 3.05) is 6.61 Å². The highest BCUT2D eigenvalue weighted by atomic mass is 19.1. The summed E-state index contributed by atoms with van der Waals surface area (Å²) in [7, 11) is 0. The fourth-order valence-electron chi connectivity index (χ4n) is 1.22. The van der Waals surface area contributed by atoms with Crippen LogP contribution in [0.1, 0.15) is 19.4 Å². The van der Waals surface area contributed by atoms with Gasteiger partial charge >= 0.3 is 5.97 Å². The Morgan fingerprint density at radius 2 is 2.13 bits per heavy atom. The Hall–Kier alpha value is -1.64. The van der Waals surface area contributed by atoms with Crippen LogP contribution in [0, 0.1) is 5.82 Å². The van der Waals surface area contributed by atoms with Crippen LogP contribution in [0.2, 0.25) is 0 Å². The molecule has 0 aromatic heterocycles. The number of hydrogen-bond donors (Lipinski definition) is 0. The lowest BCUT2D eigenvalue weighted by molar-refractivity contribution is -0.137. The van der Waals surface area contributed by atoms with E-state index in [-0.39, 0.29) is 5.82 Å². The van der Waals surface area contributed by atoms with Crippen molar-refractivity contribution >= 4 is 11.5 Å². The van der Waals surface area contributed by atoms with Crippen LogP contribution in [0.25, 0.3) is 5.57 Å². The zero-order valence-electron chi connectivity index (χ0n) is 8.79. The lowest BCUT2D eigenvalue weighted by Crippen LogP contribution is -2.00. The van der Waals surface area contributed by atoms with E-state index in [0.29, 0.717) is 17.7 Å². The van der Waals surface area contributed by atoms with E-state index in [1.807, 2.05) is 0 Å². The predicted octanol–water partition coefficient (Wildman–Crippen LogP) is 2.79. The average Bonchev–Trinajstić information content (AvgIpc) is 2.18. The van der Waals surface area contributed by atoms with Gasteiger partial charge in [-0.05, 0) is 25.5 Å². The first-order valence-electron chi connectivity index (χ1n) is 4.75. The van der Waals surface area contributed by atoms with E-state index in [1.54, 1.807) is 32.0 Å². The first-order valence-corrected chi connectivity index (χ1v) is 4.75. The third kappa shape index (κ3) is 3.20. The molecule has 0 radical (unpaired) electrons. The number of carbonyl (C=O) groups excluding carboxylic acids is 1. The molecule has 0 fully saturated rings. The van der Waals surface area contributed by atoms with Gasteiger partial charge in [-0.25, -0.2) is 9.18 Å². The van der Waals surface area contributed by atoms with E-state index in [4.69, 9.17) is 4.74 Å². The molecule has 0 atom stereocenters. The maximum Gasteiger partial charge on any atom is 0.331 e. The van der Waals surface area contributed by atoms with E-state index in [1.165, 1.54) is 12.1 Å². The number of halogens is 1. The van der Waals surface area contributed by atoms with Gasteiger partial charge in [0.05, 0.1) is 6.61 Å². The van der Waals surface area contributed by atoms with Crippen molar-refractivity contribution < 1.29 is 13.9 Å². The van der Waals surface area contributed by atoms with Gasteiger partial charge in [0.25, 0.3) is 0 Å². The second kappa shape index (κ2) is 5.29. The van der Waals surface area contributed by atoms with Gasteiger partial charge < -0.3 is 4.74 Å². The molecule has 0 saturated carbocycles. The Kier molecular flexibility index (Phi) is 4.03. The molecule has 0 N–H and O–H groups in total. The summed E-state index contributed by atoms with van der Waals surface area (Å²) < 4.78 is 18.0. The molecule has 2 nitrogen and oxygen atoms in total. The Labute approximate surface area is 88.4 Å². The lowest BCUT2D eigenvalue weighted by Gasteiger charge is -2.02. The summed E-state index contributed by atoms with van der Waals surface area (Å²) in [5.41, 5.74) is 0.983. The van der Waals surface area contributed by atoms with E-state index in [0.717, 1.165) is 0 Å². The Morgan fingerprint density at radius 1 is 1.47 bits per heavy atom. The van der Waals surface area contributed by atoms with Crippen LogP contribution in [0.3, 0.4) is 0 Å². The molecule has 1 aromatic carbocycles. The molecule has 0 saturated heterocycles. The Bertz CT molecular complexity index is 383. The van der Waals surface area contributed by atoms with Crippen molar-refractivity contribution in [2.45, 2.75) is 13.8 Å². The molecule has 80 valence electrons. The second-order valence-corrected chi connectivity index (χ2v) is 3.06. The van der Waals surface area contributed by atoms with Crippen molar-refractivity contribution in [2.24, 2.45) is 0 Å². The van der Waals surface area contributed by atoms with E-state index in [9.17, 15) is 9.18 Å². The maximum atomic E-state index is 13.3. The summed E-state index contributed by atoms with van der Waals surface area (Å²) >= 11 is 0. The van der Waals surface area contributed by atoms with Crippen LogP contribution < -0.4 is 0 Å². The third-order valence-corrected chi connectivity index (χ3v) is 1.92. The highest BCUT2D eigenvalue weighted by Crippen LogP contribution is 2.17. The molecule has 0 aliphatic heterocycles. The van der Waals surface area contributed by atoms with Gasteiger partial charge in [-0.2, -0.15) is 0 Å². The van der Waals surface area contributed by atoms with Gasteiger partial charge in [-0.3, -0.25) is 0 Å². The van der Waals surface area contributed by atoms with Crippen molar-refractivity contribution in [3.8, 4) is 0 Å². The SMILES string of the molecule is CCOC(=O)/C=C(/C)c1ccccc1F. The minimum atomic E-state index is -0.446. The molecule has 0 amide bonds. The molecular formula is C12H13FO2. The normalized spacial score (nSPS) is 11.3. The largest absolute Gasteiger partial charge is 0.463 e. The standard InChI is InChI=1S/C12H13FO2/c1-3-15-12(14)8-9(2)10-6-4-5-7-11(10)13/h4-8H,3H2,1-2H3/b9-8-. The number of allylic oxidation sites excluding steroid dienone is 1. The number of esters is 1. The molecule has 1 rings (SSSR count). The number of carbonyl (C=O) groups is 1. The first-order chi connectivity index (χ1) is 7.15. The molecule has 0 aliphatic carbocycles. The van der Waals surface area contributed by atoms with Gasteiger partial charge in [0, 0.05) is 11.6 Å². The molecular weight excluding hydrogens is 195 g/mol. The molecule has 0 heterocycles. The van der Waals surface area contributed by atoms with Gasteiger partial charge in [-0.15, -0.1) is 0 Å². The van der Waals surface area contributed by atoms with E-state index >= 15 is 0 Å². The lowest BCUT2D eigenvalue weighted by atomic mass is 10.1. The van der Waals surface area contributed by atoms with E-state index < -0.39 is 5.97 Å². The zero-order valence-corrected chi connectivity index (χ0v) is 8.79. The summed E-state index contributed by atoms with van der Waals surface area (Å²) in [5.74, 6) is -0.784. The smallest absolute Gasteiger partial charge is 0.331 e. The van der Waals surface area contributed by atoms with Crippen LogP contribution in [-0.4, -0.2) is 12.6 Å². The number of ether oxygens (including phenoxy) is 1. The highest BCUT2D eigenvalue weighted by Gasteiger charge is 2.04. The second-order valence-electron chi connectivity index (χ2n) is 3.06. The Morgan fingerprint density at radius 3 is 2.73 bits per heavy atom. The summed E-state index contributed by atoms with van der Waals surface area (Å²) in [6.07, 6.45) is 1.29. The fourth-order valence-corrected chi connectivity index (χ4v) is 1.22. The van der Waals surface area contributed by atoms with Gasteiger partial charge in [0.1, 0.15) is 5.82 Å². The number of hydrogen-bond acceptors (Lipinski definition) is 2. The van der Waals surface area contributed by atoms with Gasteiger partial charge in [0.2, 0.25) is 0 Å². The quantitative estimate of drug-likeness (QED) is 0.564. The number of benzene rings is 1. The highest BCUT2D eigenvalue weighted by molar-refractivity contribution is 5.90. The van der Waals surface area contributed by atoms with Crippen molar-refractivity contribution in [1.82, 2.24) is 0 Å². The monoisotopic (exact) mass is 208 g/mol. The van der Waals surface area contributed by atoms with Crippen molar-refractivity contribution in [3.63, 3.8) is 0 Å². The van der Waals surface area contributed by atoms with Crippen LogP contribution in [0.4, 0.5) is 4.39 Å². The molecule has 1 aromatic rings. The topological polar surface area (TPSA) is 26.3 Å². The molecule has 15 heavy (non-hydrogen) atoms.